The van der Waals surface area contributed by atoms with E-state index in [0.717, 1.165) is 29.5 Å². The van der Waals surface area contributed by atoms with Crippen LogP contribution >= 0.6 is 11.6 Å². The number of hydrogen-bond donors (Lipinski definition) is 0. The fourth-order valence-electron chi connectivity index (χ4n) is 3.30. The largest absolute Gasteiger partial charge is 0.488 e. The van der Waals surface area contributed by atoms with Gasteiger partial charge in [-0.2, -0.15) is 0 Å². The van der Waals surface area contributed by atoms with Crippen molar-refractivity contribution in [3.63, 3.8) is 0 Å². The first-order valence-corrected chi connectivity index (χ1v) is 9.14. The molecule has 4 rings (SSSR count). The summed E-state index contributed by atoms with van der Waals surface area (Å²) in [6.45, 7) is 1.37. The normalized spacial score (nSPS) is 15.2. The molecule has 1 aromatic heterocycles. The van der Waals surface area contributed by atoms with Crippen molar-refractivity contribution in [1.29, 1.82) is 0 Å². The molecule has 132 valence electrons. The molecule has 0 radical (unpaired) electrons. The van der Waals surface area contributed by atoms with Crippen molar-refractivity contribution in [2.45, 2.75) is 18.9 Å². The molecular weight excluding hydrogens is 348 g/mol. The molecule has 1 amide bonds. The third-order valence-electron chi connectivity index (χ3n) is 4.71. The van der Waals surface area contributed by atoms with Crippen LogP contribution in [0, 0.1) is 0 Å². The van der Waals surface area contributed by atoms with E-state index in [0.29, 0.717) is 23.7 Å². The predicted octanol–water partition coefficient (Wildman–Crippen LogP) is 4.57. The van der Waals surface area contributed by atoms with E-state index in [2.05, 4.69) is 4.98 Å². The van der Waals surface area contributed by atoms with Gasteiger partial charge < -0.3 is 9.64 Å². The number of likely N-dealkylation sites (tertiary alicyclic amines) is 1. The minimum atomic E-state index is 0.0481. The third-order valence-corrected chi connectivity index (χ3v) is 4.96. The zero-order valence-corrected chi connectivity index (χ0v) is 15.0. The van der Waals surface area contributed by atoms with Crippen LogP contribution in [0.4, 0.5) is 0 Å². The first kappa shape index (κ1) is 16.9. The average molecular weight is 367 g/mol. The van der Waals surface area contributed by atoms with Gasteiger partial charge in [-0.1, -0.05) is 29.8 Å². The second-order valence-corrected chi connectivity index (χ2v) is 6.88. The summed E-state index contributed by atoms with van der Waals surface area (Å²) in [6, 6.07) is 17.0. The number of carbonyl (C=O) groups is 1. The Hall–Kier alpha value is -2.59. The van der Waals surface area contributed by atoms with Crippen molar-refractivity contribution in [1.82, 2.24) is 9.88 Å². The molecule has 1 fully saturated rings. The Labute approximate surface area is 157 Å². The standard InChI is InChI=1S/C21H19ClN2O2/c22-17-8-6-16(7-9-17)21(25)24-13-10-18(11-14-24)26-19-5-1-3-15-4-2-12-23-20(15)19/h1-9,12,18H,10-11,13-14H2. The molecule has 2 heterocycles. The molecule has 5 heteroatoms. The number of halogens is 1. The van der Waals surface area contributed by atoms with Crippen molar-refractivity contribution in [2.24, 2.45) is 0 Å². The summed E-state index contributed by atoms with van der Waals surface area (Å²) in [5, 5.41) is 1.71. The molecule has 0 N–H and O–H groups in total. The van der Waals surface area contributed by atoms with Crippen LogP contribution in [0.1, 0.15) is 23.2 Å². The lowest BCUT2D eigenvalue weighted by Crippen LogP contribution is -2.41. The fourth-order valence-corrected chi connectivity index (χ4v) is 3.43. The highest BCUT2D eigenvalue weighted by atomic mass is 35.5. The van der Waals surface area contributed by atoms with Gasteiger partial charge in [0, 0.05) is 48.1 Å². The molecule has 26 heavy (non-hydrogen) atoms. The van der Waals surface area contributed by atoms with Crippen molar-refractivity contribution in [3.8, 4) is 5.75 Å². The number of amides is 1. The summed E-state index contributed by atoms with van der Waals surface area (Å²) >= 11 is 5.89. The molecule has 0 spiro atoms. The first-order valence-electron chi connectivity index (χ1n) is 8.76. The van der Waals surface area contributed by atoms with Gasteiger partial charge in [-0.25, -0.2) is 0 Å². The lowest BCUT2D eigenvalue weighted by molar-refractivity contribution is 0.0597. The second-order valence-electron chi connectivity index (χ2n) is 6.45. The van der Waals surface area contributed by atoms with Crippen LogP contribution in [0.5, 0.6) is 5.75 Å². The van der Waals surface area contributed by atoms with Crippen LogP contribution in [-0.4, -0.2) is 35.0 Å². The number of hydrogen-bond acceptors (Lipinski definition) is 3. The average Bonchev–Trinajstić information content (AvgIpc) is 2.69. The number of rotatable bonds is 3. The number of carbonyl (C=O) groups excluding carboxylic acids is 1. The van der Waals surface area contributed by atoms with Gasteiger partial charge in [0.2, 0.25) is 0 Å². The van der Waals surface area contributed by atoms with E-state index < -0.39 is 0 Å². The molecule has 2 aromatic carbocycles. The van der Waals surface area contributed by atoms with Gasteiger partial charge in [-0.15, -0.1) is 0 Å². The fraction of sp³-hybridized carbons (Fsp3) is 0.238. The molecule has 0 atom stereocenters. The van der Waals surface area contributed by atoms with Gasteiger partial charge in [0.25, 0.3) is 5.91 Å². The van der Waals surface area contributed by atoms with Crippen molar-refractivity contribution in [3.05, 3.63) is 71.4 Å². The summed E-state index contributed by atoms with van der Waals surface area (Å²) in [5.41, 5.74) is 1.56. The summed E-state index contributed by atoms with van der Waals surface area (Å²) < 4.78 is 6.20. The minimum absolute atomic E-state index is 0.0481. The Balaban J connectivity index is 1.40. The van der Waals surface area contributed by atoms with Crippen molar-refractivity contribution >= 4 is 28.4 Å². The maximum Gasteiger partial charge on any atom is 0.253 e. The summed E-state index contributed by atoms with van der Waals surface area (Å²) in [7, 11) is 0. The molecule has 0 unspecified atom stereocenters. The third kappa shape index (κ3) is 3.51. The Morgan fingerprint density at radius 3 is 2.54 bits per heavy atom. The first-order chi connectivity index (χ1) is 12.7. The SMILES string of the molecule is O=C(c1ccc(Cl)cc1)N1CCC(Oc2cccc3cccnc23)CC1. The van der Waals surface area contributed by atoms with Crippen LogP contribution in [0.2, 0.25) is 5.02 Å². The highest BCUT2D eigenvalue weighted by Crippen LogP contribution is 2.26. The quantitative estimate of drug-likeness (QED) is 0.681. The summed E-state index contributed by atoms with van der Waals surface area (Å²) in [4.78, 5) is 18.9. The van der Waals surface area contributed by atoms with Gasteiger partial charge in [-0.05, 0) is 36.4 Å². The van der Waals surface area contributed by atoms with Crippen molar-refractivity contribution in [2.75, 3.05) is 13.1 Å². The highest BCUT2D eigenvalue weighted by Gasteiger charge is 2.25. The maximum atomic E-state index is 12.6. The molecule has 0 saturated carbocycles. The summed E-state index contributed by atoms with van der Waals surface area (Å²) in [6.07, 6.45) is 3.49. The molecule has 1 aliphatic rings. The van der Waals surface area contributed by atoms with Crippen LogP contribution in [-0.2, 0) is 0 Å². The maximum absolute atomic E-state index is 12.6. The van der Waals surface area contributed by atoms with Crippen LogP contribution < -0.4 is 4.74 Å². The molecule has 4 nitrogen and oxygen atoms in total. The van der Waals surface area contributed by atoms with Crippen LogP contribution in [0.3, 0.4) is 0 Å². The highest BCUT2D eigenvalue weighted by molar-refractivity contribution is 6.30. The van der Waals surface area contributed by atoms with E-state index in [1.807, 2.05) is 35.2 Å². The Kier molecular flexibility index (Phi) is 4.76. The van der Waals surface area contributed by atoms with E-state index in [1.165, 1.54) is 0 Å². The Bertz CT molecular complexity index is 913. The number of para-hydroxylation sites is 1. The molecule has 1 saturated heterocycles. The number of fused-ring (bicyclic) bond motifs is 1. The van der Waals surface area contributed by atoms with Gasteiger partial charge in [0.15, 0.2) is 0 Å². The number of aromatic nitrogens is 1. The van der Waals surface area contributed by atoms with Gasteiger partial charge >= 0.3 is 0 Å². The molecule has 1 aliphatic heterocycles. The second kappa shape index (κ2) is 7.34. The van der Waals surface area contributed by atoms with E-state index in [-0.39, 0.29) is 12.0 Å². The van der Waals surface area contributed by atoms with Crippen LogP contribution in [0.15, 0.2) is 60.8 Å². The van der Waals surface area contributed by atoms with Gasteiger partial charge in [0.1, 0.15) is 17.4 Å². The molecular formula is C21H19ClN2O2. The Morgan fingerprint density at radius 2 is 1.77 bits per heavy atom. The Morgan fingerprint density at radius 1 is 1.04 bits per heavy atom. The van der Waals surface area contributed by atoms with Crippen molar-refractivity contribution < 1.29 is 9.53 Å². The number of piperidine rings is 1. The minimum Gasteiger partial charge on any atom is -0.488 e. The molecule has 0 aliphatic carbocycles. The monoisotopic (exact) mass is 366 g/mol. The predicted molar refractivity (Wildman–Crippen MR) is 103 cm³/mol. The summed E-state index contributed by atoms with van der Waals surface area (Å²) in [5.74, 6) is 0.859. The number of nitrogens with zero attached hydrogens (tertiary/aromatic N) is 2. The zero-order chi connectivity index (χ0) is 17.9. The zero-order valence-electron chi connectivity index (χ0n) is 14.3. The lowest BCUT2D eigenvalue weighted by atomic mass is 10.1. The molecule has 3 aromatic rings. The van der Waals surface area contributed by atoms with Gasteiger partial charge in [0.05, 0.1) is 0 Å². The van der Waals surface area contributed by atoms with E-state index in [1.54, 1.807) is 30.5 Å². The van der Waals surface area contributed by atoms with E-state index in [4.69, 9.17) is 16.3 Å². The topological polar surface area (TPSA) is 42.4 Å². The smallest absolute Gasteiger partial charge is 0.253 e. The van der Waals surface area contributed by atoms with E-state index in [9.17, 15) is 4.79 Å². The van der Waals surface area contributed by atoms with Crippen LogP contribution in [0.25, 0.3) is 10.9 Å². The lowest BCUT2D eigenvalue weighted by Gasteiger charge is -2.32. The number of pyridine rings is 1. The number of ether oxygens (including phenoxy) is 1. The number of benzene rings is 2. The molecule has 0 bridgehead atoms. The van der Waals surface area contributed by atoms with Gasteiger partial charge in [-0.3, -0.25) is 9.78 Å². The van der Waals surface area contributed by atoms with E-state index >= 15 is 0 Å².